The summed E-state index contributed by atoms with van der Waals surface area (Å²) in [6.07, 6.45) is 1.98. The largest absolute Gasteiger partial charge is 0.368 e. The molecule has 2 aromatic heterocycles. The fourth-order valence-corrected chi connectivity index (χ4v) is 6.36. The smallest absolute Gasteiger partial charge is 0.270 e. The molecule has 2 fully saturated rings. The summed E-state index contributed by atoms with van der Waals surface area (Å²) in [6, 6.07) is 19.0. The van der Waals surface area contributed by atoms with Crippen LogP contribution >= 0.6 is 11.6 Å². The summed E-state index contributed by atoms with van der Waals surface area (Å²) in [5, 5.41) is 2.03. The van der Waals surface area contributed by atoms with Crippen LogP contribution in [0.2, 0.25) is 5.02 Å². The molecule has 1 N–H and O–H groups in total. The average molecular weight is 545 g/mol. The van der Waals surface area contributed by atoms with Gasteiger partial charge in [-0.2, -0.15) is 0 Å². The lowest BCUT2D eigenvalue weighted by Gasteiger charge is -2.41. The highest BCUT2D eigenvalue weighted by Gasteiger charge is 2.31. The molecule has 204 valence electrons. The molecule has 0 unspecified atom stereocenters. The summed E-state index contributed by atoms with van der Waals surface area (Å²) in [5.41, 5.74) is 6.66. The molecule has 8 heteroatoms. The first-order chi connectivity index (χ1) is 18.9. The molecular weight excluding hydrogens is 508 g/mol. The van der Waals surface area contributed by atoms with E-state index in [4.69, 9.17) is 11.6 Å². The van der Waals surface area contributed by atoms with Gasteiger partial charge in [0.25, 0.3) is 5.91 Å². The molecule has 7 nitrogen and oxygen atoms in total. The van der Waals surface area contributed by atoms with Gasteiger partial charge >= 0.3 is 0 Å². The minimum absolute atomic E-state index is 0.128. The molecule has 0 aliphatic carbocycles. The lowest BCUT2D eigenvalue weighted by Crippen LogP contribution is -2.54. The van der Waals surface area contributed by atoms with Crippen molar-refractivity contribution in [2.24, 2.45) is 7.05 Å². The molecule has 0 spiro atoms. The van der Waals surface area contributed by atoms with Crippen LogP contribution in [-0.4, -0.2) is 77.1 Å². The molecule has 2 aromatic carbocycles. The number of halogens is 1. The number of aromatic amines is 1. The standard InChI is InChI=1S/C31H37ClN6O/c1-22-20-37(26-8-9-28-24(18-26)10-11-33-28)16-17-38(22)31(39)30-19-25(23(2)34(30)3)21-35-12-14-36(15-13-35)29-7-5-4-6-27(29)32/h4-11,18-19,22,33H,12-17,20-21H2,1-3H3/t22-/m0/s1. The number of hydrogen-bond acceptors (Lipinski definition) is 4. The van der Waals surface area contributed by atoms with Gasteiger partial charge < -0.3 is 24.3 Å². The Kier molecular flexibility index (Phi) is 7.04. The molecule has 2 aliphatic rings. The van der Waals surface area contributed by atoms with Crippen LogP contribution in [0.4, 0.5) is 11.4 Å². The van der Waals surface area contributed by atoms with E-state index in [1.165, 1.54) is 16.6 Å². The molecule has 4 heterocycles. The minimum atomic E-state index is 0.128. The average Bonchev–Trinajstić information content (AvgIpc) is 3.53. The van der Waals surface area contributed by atoms with Crippen LogP contribution in [0.25, 0.3) is 10.9 Å². The maximum Gasteiger partial charge on any atom is 0.270 e. The summed E-state index contributed by atoms with van der Waals surface area (Å²) < 4.78 is 2.08. The Balaban J connectivity index is 1.09. The summed E-state index contributed by atoms with van der Waals surface area (Å²) in [5.74, 6) is 0.128. The van der Waals surface area contributed by atoms with Crippen LogP contribution in [0.3, 0.4) is 0 Å². The maximum absolute atomic E-state index is 13.8. The SMILES string of the molecule is Cc1c(CN2CCN(c3ccccc3Cl)CC2)cc(C(=O)N2CCN(c3ccc4[nH]ccc4c3)C[C@@H]2C)n1C. The Morgan fingerprint density at radius 1 is 0.974 bits per heavy atom. The molecule has 6 rings (SSSR count). The zero-order valence-corrected chi connectivity index (χ0v) is 23.8. The van der Waals surface area contributed by atoms with Gasteiger partial charge in [-0.3, -0.25) is 9.69 Å². The van der Waals surface area contributed by atoms with Crippen LogP contribution in [0.5, 0.6) is 0 Å². The van der Waals surface area contributed by atoms with Crippen molar-refractivity contribution >= 4 is 39.8 Å². The van der Waals surface area contributed by atoms with Gasteiger partial charge in [-0.05, 0) is 61.9 Å². The van der Waals surface area contributed by atoms with E-state index in [-0.39, 0.29) is 11.9 Å². The van der Waals surface area contributed by atoms with Crippen LogP contribution in [0, 0.1) is 6.92 Å². The van der Waals surface area contributed by atoms with Gasteiger partial charge in [-0.15, -0.1) is 0 Å². The number of hydrogen-bond donors (Lipinski definition) is 1. The van der Waals surface area contributed by atoms with Gasteiger partial charge in [0.2, 0.25) is 0 Å². The fourth-order valence-electron chi connectivity index (χ4n) is 6.10. The first-order valence-corrected chi connectivity index (χ1v) is 14.3. The Labute approximate surface area is 235 Å². The molecule has 0 saturated carbocycles. The van der Waals surface area contributed by atoms with Crippen LogP contribution in [0.1, 0.15) is 28.7 Å². The molecule has 0 bridgehead atoms. The van der Waals surface area contributed by atoms with Crippen LogP contribution < -0.4 is 9.80 Å². The van der Waals surface area contributed by atoms with E-state index in [0.717, 1.165) is 80.0 Å². The normalized spacial score (nSPS) is 18.8. The molecule has 1 atom stereocenters. The molecule has 1 amide bonds. The lowest BCUT2D eigenvalue weighted by atomic mass is 10.1. The van der Waals surface area contributed by atoms with Crippen molar-refractivity contribution in [3.63, 3.8) is 0 Å². The second kappa shape index (κ2) is 10.6. The zero-order valence-electron chi connectivity index (χ0n) is 23.0. The first-order valence-electron chi connectivity index (χ1n) is 13.9. The van der Waals surface area contributed by atoms with Crippen LogP contribution in [-0.2, 0) is 13.6 Å². The van der Waals surface area contributed by atoms with E-state index in [1.807, 2.05) is 36.3 Å². The van der Waals surface area contributed by atoms with Crippen LogP contribution in [0.15, 0.2) is 60.8 Å². The third-order valence-corrected chi connectivity index (χ3v) is 8.93. The predicted octanol–water partition coefficient (Wildman–Crippen LogP) is 5.14. The van der Waals surface area contributed by atoms with Crippen molar-refractivity contribution in [2.75, 3.05) is 55.6 Å². The highest BCUT2D eigenvalue weighted by Crippen LogP contribution is 2.28. The van der Waals surface area contributed by atoms with Crippen molar-refractivity contribution in [1.82, 2.24) is 19.4 Å². The first kappa shape index (κ1) is 25.8. The number of aromatic nitrogens is 2. The van der Waals surface area contributed by atoms with E-state index in [2.05, 4.69) is 74.5 Å². The number of fused-ring (bicyclic) bond motifs is 1. The summed E-state index contributed by atoms with van der Waals surface area (Å²) >= 11 is 6.43. The number of nitrogens with one attached hydrogen (secondary N) is 1. The number of H-pyrrole nitrogens is 1. The molecule has 2 saturated heterocycles. The molecular formula is C31H37ClN6O. The number of benzene rings is 2. The highest BCUT2D eigenvalue weighted by molar-refractivity contribution is 6.33. The van der Waals surface area contributed by atoms with E-state index >= 15 is 0 Å². The highest BCUT2D eigenvalue weighted by atomic mass is 35.5. The molecule has 39 heavy (non-hydrogen) atoms. The Morgan fingerprint density at radius 2 is 1.74 bits per heavy atom. The van der Waals surface area contributed by atoms with Crippen molar-refractivity contribution in [3.05, 3.63) is 82.8 Å². The number of amides is 1. The fraction of sp³-hybridized carbons (Fsp3) is 0.387. The quantitative estimate of drug-likeness (QED) is 0.378. The lowest BCUT2D eigenvalue weighted by molar-refractivity contribution is 0.0664. The topological polar surface area (TPSA) is 50.8 Å². The number of rotatable bonds is 5. The second-order valence-electron chi connectivity index (χ2n) is 11.0. The summed E-state index contributed by atoms with van der Waals surface area (Å²) in [7, 11) is 2.02. The van der Waals surface area contributed by atoms with E-state index < -0.39 is 0 Å². The van der Waals surface area contributed by atoms with Crippen molar-refractivity contribution in [1.29, 1.82) is 0 Å². The predicted molar refractivity (Wildman–Crippen MR) is 160 cm³/mol. The van der Waals surface area contributed by atoms with Crippen molar-refractivity contribution in [3.8, 4) is 0 Å². The van der Waals surface area contributed by atoms with E-state index in [9.17, 15) is 4.79 Å². The van der Waals surface area contributed by atoms with Gasteiger partial charge in [0.05, 0.1) is 10.7 Å². The number of carbonyl (C=O) groups is 1. The van der Waals surface area contributed by atoms with Crippen molar-refractivity contribution < 1.29 is 4.79 Å². The number of para-hydroxylation sites is 1. The second-order valence-corrected chi connectivity index (χ2v) is 11.4. The van der Waals surface area contributed by atoms with Gasteiger partial charge in [-0.1, -0.05) is 23.7 Å². The number of anilines is 2. The van der Waals surface area contributed by atoms with Gasteiger partial charge in [0, 0.05) is 93.9 Å². The third kappa shape index (κ3) is 5.01. The number of carbonyl (C=O) groups excluding carboxylic acids is 1. The Hall–Kier alpha value is -3.42. The number of piperazine rings is 2. The minimum Gasteiger partial charge on any atom is -0.368 e. The Bertz CT molecular complexity index is 1480. The molecule has 4 aromatic rings. The maximum atomic E-state index is 13.8. The molecule has 2 aliphatic heterocycles. The van der Waals surface area contributed by atoms with E-state index in [1.54, 1.807) is 0 Å². The zero-order chi connectivity index (χ0) is 27.1. The van der Waals surface area contributed by atoms with Crippen molar-refractivity contribution in [2.45, 2.75) is 26.4 Å². The van der Waals surface area contributed by atoms with Gasteiger partial charge in [0.15, 0.2) is 0 Å². The summed E-state index contributed by atoms with van der Waals surface area (Å²) in [4.78, 5) is 26.3. The Morgan fingerprint density at radius 3 is 2.51 bits per heavy atom. The molecule has 0 radical (unpaired) electrons. The summed E-state index contributed by atoms with van der Waals surface area (Å²) in [6.45, 7) is 11.3. The monoisotopic (exact) mass is 544 g/mol. The van der Waals surface area contributed by atoms with E-state index in [0.29, 0.717) is 0 Å². The van der Waals surface area contributed by atoms with Gasteiger partial charge in [-0.25, -0.2) is 0 Å². The van der Waals surface area contributed by atoms with Gasteiger partial charge in [0.1, 0.15) is 5.69 Å². The third-order valence-electron chi connectivity index (χ3n) is 8.61. The number of nitrogens with zero attached hydrogens (tertiary/aromatic N) is 5.